The summed E-state index contributed by atoms with van der Waals surface area (Å²) >= 11 is 2.13. The van der Waals surface area contributed by atoms with E-state index in [0.29, 0.717) is 5.56 Å². The fourth-order valence-electron chi connectivity index (χ4n) is 3.29. The Morgan fingerprint density at radius 2 is 1.88 bits per heavy atom. The predicted octanol–water partition coefficient (Wildman–Crippen LogP) is 4.33. The average molecular weight is 461 g/mol. The topological polar surface area (TPSA) is 46.6 Å². The van der Waals surface area contributed by atoms with Gasteiger partial charge in [0.25, 0.3) is 0 Å². The lowest BCUT2D eigenvalue weighted by Crippen LogP contribution is -2.25. The van der Waals surface area contributed by atoms with Crippen molar-refractivity contribution in [1.82, 2.24) is 0 Å². The summed E-state index contributed by atoms with van der Waals surface area (Å²) in [5, 5.41) is 0. The van der Waals surface area contributed by atoms with Crippen LogP contribution in [0.4, 0.5) is 5.69 Å². The van der Waals surface area contributed by atoms with Crippen LogP contribution >= 0.6 is 22.6 Å². The van der Waals surface area contributed by atoms with Crippen LogP contribution < -0.4 is 4.90 Å². The van der Waals surface area contributed by atoms with E-state index >= 15 is 0 Å². The molecule has 0 saturated carbocycles. The molecule has 26 heavy (non-hydrogen) atoms. The van der Waals surface area contributed by atoms with Crippen molar-refractivity contribution in [2.75, 3.05) is 18.6 Å². The second-order valence-electron chi connectivity index (χ2n) is 6.78. The average Bonchev–Trinajstić information content (AvgIpc) is 2.81. The number of fused-ring (bicyclic) bond motifs is 1. The van der Waals surface area contributed by atoms with Crippen molar-refractivity contribution in [3.63, 3.8) is 0 Å². The number of likely N-dealkylation sites (N-methyl/N-ethyl adjacent to an activating group) is 1. The van der Waals surface area contributed by atoms with Gasteiger partial charge < -0.3 is 9.64 Å². The van der Waals surface area contributed by atoms with Crippen molar-refractivity contribution in [2.45, 2.75) is 19.3 Å². The van der Waals surface area contributed by atoms with Crippen LogP contribution in [-0.2, 0) is 14.9 Å². The summed E-state index contributed by atoms with van der Waals surface area (Å²) in [6.07, 6.45) is 1.59. The molecular formula is C21H20INO3. The highest BCUT2D eigenvalue weighted by Crippen LogP contribution is 2.46. The van der Waals surface area contributed by atoms with E-state index in [0.717, 1.165) is 15.0 Å². The molecule has 1 aliphatic heterocycles. The normalized spacial score (nSPS) is 16.5. The molecule has 0 amide bonds. The van der Waals surface area contributed by atoms with Gasteiger partial charge >= 0.3 is 5.97 Å². The van der Waals surface area contributed by atoms with Gasteiger partial charge in [-0.05, 0) is 52.4 Å². The molecule has 0 unspecified atom stereocenters. The molecule has 1 aliphatic rings. The minimum atomic E-state index is -0.488. The van der Waals surface area contributed by atoms with Crippen molar-refractivity contribution >= 4 is 40.0 Å². The van der Waals surface area contributed by atoms with Crippen LogP contribution in [0.2, 0.25) is 0 Å². The van der Waals surface area contributed by atoms with Crippen molar-refractivity contribution < 1.29 is 14.3 Å². The van der Waals surface area contributed by atoms with Crippen LogP contribution in [0.1, 0.15) is 29.8 Å². The molecule has 0 N–H and O–H groups in total. The van der Waals surface area contributed by atoms with Crippen molar-refractivity contribution in [3.05, 3.63) is 75.0 Å². The maximum atomic E-state index is 12.4. The van der Waals surface area contributed by atoms with Gasteiger partial charge in [-0.15, -0.1) is 0 Å². The number of carbonyl (C=O) groups excluding carboxylic acids is 2. The molecule has 1 heterocycles. The van der Waals surface area contributed by atoms with Crippen LogP contribution in [0.15, 0.2) is 60.3 Å². The molecule has 2 aromatic carbocycles. The number of carbonyl (C=O) groups is 2. The first-order chi connectivity index (χ1) is 12.3. The lowest BCUT2D eigenvalue weighted by molar-refractivity contribution is -0.117. The van der Waals surface area contributed by atoms with Crippen LogP contribution in [0, 0.1) is 3.57 Å². The van der Waals surface area contributed by atoms with Gasteiger partial charge in [0.1, 0.15) is 0 Å². The van der Waals surface area contributed by atoms with Crippen LogP contribution in [0.3, 0.4) is 0 Å². The zero-order chi connectivity index (χ0) is 18.9. The molecule has 0 fully saturated rings. The Labute approximate surface area is 167 Å². The van der Waals surface area contributed by atoms with Crippen molar-refractivity contribution in [3.8, 4) is 0 Å². The van der Waals surface area contributed by atoms with Crippen LogP contribution in [-0.4, -0.2) is 25.4 Å². The van der Waals surface area contributed by atoms with E-state index in [1.807, 2.05) is 36.2 Å². The summed E-state index contributed by atoms with van der Waals surface area (Å²) in [5.74, 6) is -0.718. The van der Waals surface area contributed by atoms with Gasteiger partial charge in [0.15, 0.2) is 12.4 Å². The summed E-state index contributed by atoms with van der Waals surface area (Å²) in [6.45, 7) is 3.91. The zero-order valence-electron chi connectivity index (χ0n) is 15.0. The molecular weight excluding hydrogens is 441 g/mol. The molecule has 0 spiro atoms. The summed E-state index contributed by atoms with van der Waals surface area (Å²) < 4.78 is 6.12. The number of nitrogens with zero attached hydrogens (tertiary/aromatic N) is 1. The van der Waals surface area contributed by atoms with Gasteiger partial charge in [-0.1, -0.05) is 38.1 Å². The number of hydrogen-bond donors (Lipinski definition) is 0. The van der Waals surface area contributed by atoms with Gasteiger partial charge in [0.05, 0.1) is 5.56 Å². The molecule has 4 nitrogen and oxygen atoms in total. The molecule has 2 aromatic rings. The lowest BCUT2D eigenvalue weighted by Gasteiger charge is -2.23. The molecule has 0 aromatic heterocycles. The first-order valence-corrected chi connectivity index (χ1v) is 9.39. The first-order valence-electron chi connectivity index (χ1n) is 8.31. The second-order valence-corrected chi connectivity index (χ2v) is 8.03. The largest absolute Gasteiger partial charge is 0.454 e. The Bertz CT molecular complexity index is 902. The van der Waals surface area contributed by atoms with E-state index < -0.39 is 5.97 Å². The monoisotopic (exact) mass is 461 g/mol. The highest BCUT2D eigenvalue weighted by Gasteiger charge is 2.38. The molecule has 134 valence electrons. The minimum Gasteiger partial charge on any atom is -0.454 e. The fourth-order valence-corrected chi connectivity index (χ4v) is 3.83. The van der Waals surface area contributed by atoms with Crippen molar-refractivity contribution in [1.29, 1.82) is 0 Å². The second kappa shape index (κ2) is 7.23. The molecule has 0 bridgehead atoms. The number of anilines is 1. The van der Waals surface area contributed by atoms with Crippen LogP contribution in [0.5, 0.6) is 0 Å². The van der Waals surface area contributed by atoms with E-state index in [1.54, 1.807) is 24.3 Å². The van der Waals surface area contributed by atoms with Gasteiger partial charge in [0.2, 0.25) is 0 Å². The standard InChI is InChI=1S/C21H20INO3/c1-21(2)17-9-4-5-10-18(17)23(3)19(21)12-16(24)13-26-20(25)14-7-6-8-15(22)11-14/h4-12H,13H2,1-3H3. The van der Waals surface area contributed by atoms with E-state index in [9.17, 15) is 9.59 Å². The molecule has 3 rings (SSSR count). The van der Waals surface area contributed by atoms with Crippen LogP contribution in [0.25, 0.3) is 0 Å². The molecule has 0 saturated heterocycles. The Morgan fingerprint density at radius 3 is 2.58 bits per heavy atom. The van der Waals surface area contributed by atoms with E-state index in [1.165, 1.54) is 5.56 Å². The Balaban J connectivity index is 1.72. The van der Waals surface area contributed by atoms with Gasteiger partial charge in [-0.25, -0.2) is 4.79 Å². The summed E-state index contributed by atoms with van der Waals surface area (Å²) in [6, 6.07) is 15.2. The van der Waals surface area contributed by atoms with E-state index in [-0.39, 0.29) is 17.8 Å². The number of rotatable bonds is 4. The number of ketones is 1. The highest BCUT2D eigenvalue weighted by atomic mass is 127. The van der Waals surface area contributed by atoms with Gasteiger partial charge in [-0.3, -0.25) is 4.79 Å². The highest BCUT2D eigenvalue weighted by molar-refractivity contribution is 14.1. The number of halogens is 1. The Kier molecular flexibility index (Phi) is 5.18. The summed E-state index contributed by atoms with van der Waals surface area (Å²) in [5.41, 5.74) is 3.34. The predicted molar refractivity (Wildman–Crippen MR) is 110 cm³/mol. The number of hydrogen-bond acceptors (Lipinski definition) is 4. The molecule has 0 atom stereocenters. The summed E-state index contributed by atoms with van der Waals surface area (Å²) in [7, 11) is 1.95. The fraction of sp³-hybridized carbons (Fsp3) is 0.238. The quantitative estimate of drug-likeness (QED) is 0.387. The van der Waals surface area contributed by atoms with E-state index in [2.05, 4.69) is 42.5 Å². The Hall–Kier alpha value is -2.15. The minimum absolute atomic E-state index is 0.230. The number of esters is 1. The third-order valence-electron chi connectivity index (χ3n) is 4.64. The number of benzene rings is 2. The molecule has 0 radical (unpaired) electrons. The third kappa shape index (κ3) is 3.53. The first kappa shape index (κ1) is 18.6. The number of ether oxygens (including phenoxy) is 1. The van der Waals surface area contributed by atoms with Crippen molar-refractivity contribution in [2.24, 2.45) is 0 Å². The number of allylic oxidation sites excluding steroid dienone is 1. The maximum absolute atomic E-state index is 12.4. The third-order valence-corrected chi connectivity index (χ3v) is 5.31. The summed E-state index contributed by atoms with van der Waals surface area (Å²) in [4.78, 5) is 26.5. The Morgan fingerprint density at radius 1 is 1.15 bits per heavy atom. The molecule has 0 aliphatic carbocycles. The smallest absolute Gasteiger partial charge is 0.338 e. The van der Waals surface area contributed by atoms with E-state index in [4.69, 9.17) is 4.74 Å². The number of para-hydroxylation sites is 1. The zero-order valence-corrected chi connectivity index (χ0v) is 17.1. The SMILES string of the molecule is CN1C(=CC(=O)COC(=O)c2cccc(I)c2)C(C)(C)c2ccccc21. The molecule has 5 heteroatoms. The maximum Gasteiger partial charge on any atom is 0.338 e. The van der Waals surface area contributed by atoms with Gasteiger partial charge in [-0.2, -0.15) is 0 Å². The lowest BCUT2D eigenvalue weighted by atomic mass is 9.83. The van der Waals surface area contributed by atoms with Gasteiger partial charge in [0, 0.05) is 33.5 Å².